The van der Waals surface area contributed by atoms with Crippen molar-refractivity contribution in [2.24, 2.45) is 0 Å². The number of benzene rings is 1. The molecule has 18 heavy (non-hydrogen) atoms. The number of nitrogens with two attached hydrogens (primary N) is 1. The predicted molar refractivity (Wildman–Crippen MR) is 74.0 cm³/mol. The maximum absolute atomic E-state index is 13.0. The number of amides is 1. The molecule has 1 aromatic carbocycles. The van der Waals surface area contributed by atoms with Crippen molar-refractivity contribution in [1.82, 2.24) is 5.32 Å². The standard InChI is InChI=1S/C12H10BrFN2OS/c13-8-3-4-18-11(8)6-16-12(17)7-1-2-9(14)10(15)5-7/h1-5H,6,15H2,(H,16,17). The molecule has 2 rings (SSSR count). The van der Waals surface area contributed by atoms with Gasteiger partial charge in [0.25, 0.3) is 5.91 Å². The highest BCUT2D eigenvalue weighted by Gasteiger charge is 2.09. The molecule has 0 radical (unpaired) electrons. The fourth-order valence-electron chi connectivity index (χ4n) is 1.40. The molecule has 0 unspecified atom stereocenters. The van der Waals surface area contributed by atoms with E-state index < -0.39 is 5.82 Å². The highest BCUT2D eigenvalue weighted by atomic mass is 79.9. The fraction of sp³-hybridized carbons (Fsp3) is 0.0833. The maximum atomic E-state index is 13.0. The molecule has 0 aliphatic heterocycles. The molecule has 0 saturated carbocycles. The Morgan fingerprint density at radius 3 is 2.83 bits per heavy atom. The first-order valence-corrected chi connectivity index (χ1v) is 6.80. The van der Waals surface area contributed by atoms with E-state index in [1.165, 1.54) is 18.2 Å². The average Bonchev–Trinajstić information content (AvgIpc) is 2.75. The van der Waals surface area contributed by atoms with Crippen LogP contribution in [0.5, 0.6) is 0 Å². The number of rotatable bonds is 3. The Labute approximate surface area is 116 Å². The number of nitrogens with one attached hydrogen (secondary N) is 1. The number of nitrogen functional groups attached to an aromatic ring is 1. The van der Waals surface area contributed by atoms with Crippen LogP contribution in [-0.2, 0) is 6.54 Å². The van der Waals surface area contributed by atoms with Crippen molar-refractivity contribution in [2.75, 3.05) is 5.73 Å². The van der Waals surface area contributed by atoms with Gasteiger partial charge >= 0.3 is 0 Å². The summed E-state index contributed by atoms with van der Waals surface area (Å²) in [4.78, 5) is 12.8. The Hall–Kier alpha value is -1.40. The van der Waals surface area contributed by atoms with E-state index in [9.17, 15) is 9.18 Å². The molecular formula is C12H10BrFN2OS. The van der Waals surface area contributed by atoms with Crippen molar-refractivity contribution in [3.05, 3.63) is 50.4 Å². The smallest absolute Gasteiger partial charge is 0.251 e. The largest absolute Gasteiger partial charge is 0.396 e. The van der Waals surface area contributed by atoms with E-state index in [2.05, 4.69) is 21.2 Å². The highest BCUT2D eigenvalue weighted by Crippen LogP contribution is 2.22. The van der Waals surface area contributed by atoms with Gasteiger partial charge < -0.3 is 11.1 Å². The van der Waals surface area contributed by atoms with E-state index in [1.54, 1.807) is 11.3 Å². The van der Waals surface area contributed by atoms with Crippen molar-refractivity contribution in [2.45, 2.75) is 6.54 Å². The molecule has 6 heteroatoms. The lowest BCUT2D eigenvalue weighted by atomic mass is 10.2. The summed E-state index contributed by atoms with van der Waals surface area (Å²) in [6.45, 7) is 0.425. The van der Waals surface area contributed by atoms with Gasteiger partial charge in [-0.2, -0.15) is 0 Å². The zero-order valence-corrected chi connectivity index (χ0v) is 11.6. The molecule has 2 aromatic rings. The lowest BCUT2D eigenvalue weighted by Crippen LogP contribution is -2.22. The van der Waals surface area contributed by atoms with Crippen LogP contribution in [0.2, 0.25) is 0 Å². The Morgan fingerprint density at radius 1 is 1.44 bits per heavy atom. The van der Waals surface area contributed by atoms with Crippen LogP contribution in [0, 0.1) is 5.82 Å². The summed E-state index contributed by atoms with van der Waals surface area (Å²) in [6.07, 6.45) is 0. The van der Waals surface area contributed by atoms with Crippen LogP contribution in [0.4, 0.5) is 10.1 Å². The normalized spacial score (nSPS) is 10.3. The number of anilines is 1. The zero-order chi connectivity index (χ0) is 13.1. The number of halogens is 2. The van der Waals surface area contributed by atoms with Gasteiger partial charge in [0.15, 0.2) is 0 Å². The number of carbonyl (C=O) groups excluding carboxylic acids is 1. The second-order valence-corrected chi connectivity index (χ2v) is 5.47. The molecule has 0 bridgehead atoms. The molecule has 0 aliphatic rings. The summed E-state index contributed by atoms with van der Waals surface area (Å²) in [5, 5.41) is 4.68. The lowest BCUT2D eigenvalue weighted by Gasteiger charge is -2.05. The number of carbonyl (C=O) groups is 1. The summed E-state index contributed by atoms with van der Waals surface area (Å²) >= 11 is 4.93. The second-order valence-electron chi connectivity index (χ2n) is 3.61. The molecule has 0 aliphatic carbocycles. The van der Waals surface area contributed by atoms with Crippen molar-refractivity contribution >= 4 is 38.9 Å². The van der Waals surface area contributed by atoms with Crippen LogP contribution in [0.15, 0.2) is 34.1 Å². The Morgan fingerprint density at radius 2 is 2.22 bits per heavy atom. The molecule has 0 saturated heterocycles. The van der Waals surface area contributed by atoms with Crippen LogP contribution in [0.3, 0.4) is 0 Å². The van der Waals surface area contributed by atoms with E-state index in [1.807, 2.05) is 11.4 Å². The summed E-state index contributed by atoms with van der Waals surface area (Å²) in [5.74, 6) is -0.797. The van der Waals surface area contributed by atoms with E-state index in [4.69, 9.17) is 5.73 Å². The van der Waals surface area contributed by atoms with Gasteiger partial charge in [0.05, 0.1) is 12.2 Å². The SMILES string of the molecule is Nc1cc(C(=O)NCc2sccc2Br)ccc1F. The van der Waals surface area contributed by atoms with Crippen LogP contribution < -0.4 is 11.1 Å². The highest BCUT2D eigenvalue weighted by molar-refractivity contribution is 9.10. The van der Waals surface area contributed by atoms with Crippen LogP contribution in [0.25, 0.3) is 0 Å². The molecule has 94 valence electrons. The first kappa shape index (κ1) is 13.0. The summed E-state index contributed by atoms with van der Waals surface area (Å²) in [7, 11) is 0. The van der Waals surface area contributed by atoms with Gasteiger partial charge in [0.1, 0.15) is 5.82 Å². The molecular weight excluding hydrogens is 319 g/mol. The summed E-state index contributed by atoms with van der Waals surface area (Å²) in [6, 6.07) is 5.84. The van der Waals surface area contributed by atoms with Gasteiger partial charge in [-0.1, -0.05) is 0 Å². The summed E-state index contributed by atoms with van der Waals surface area (Å²) in [5.41, 5.74) is 5.73. The molecule has 1 amide bonds. The van der Waals surface area contributed by atoms with Crippen molar-refractivity contribution < 1.29 is 9.18 Å². The minimum absolute atomic E-state index is 0.0278. The van der Waals surface area contributed by atoms with Crippen molar-refractivity contribution in [3.8, 4) is 0 Å². The topological polar surface area (TPSA) is 55.1 Å². The maximum Gasteiger partial charge on any atom is 0.251 e. The van der Waals surface area contributed by atoms with E-state index >= 15 is 0 Å². The predicted octanol–water partition coefficient (Wildman–Crippen LogP) is 3.16. The summed E-state index contributed by atoms with van der Waals surface area (Å²) < 4.78 is 13.9. The minimum Gasteiger partial charge on any atom is -0.396 e. The molecule has 3 nitrogen and oxygen atoms in total. The molecule has 3 N–H and O–H groups in total. The van der Waals surface area contributed by atoms with Crippen LogP contribution in [-0.4, -0.2) is 5.91 Å². The lowest BCUT2D eigenvalue weighted by molar-refractivity contribution is 0.0951. The van der Waals surface area contributed by atoms with Gasteiger partial charge in [-0.05, 0) is 45.6 Å². The molecule has 0 fully saturated rings. The Kier molecular flexibility index (Phi) is 3.98. The third-order valence-electron chi connectivity index (χ3n) is 2.36. The second kappa shape index (κ2) is 5.49. The minimum atomic E-state index is -0.521. The van der Waals surface area contributed by atoms with Gasteiger partial charge in [0, 0.05) is 14.9 Å². The van der Waals surface area contributed by atoms with Crippen molar-refractivity contribution in [1.29, 1.82) is 0 Å². The third-order valence-corrected chi connectivity index (χ3v) is 4.29. The molecule has 0 spiro atoms. The number of hydrogen-bond donors (Lipinski definition) is 2. The van der Waals surface area contributed by atoms with Crippen LogP contribution >= 0.6 is 27.3 Å². The average molecular weight is 329 g/mol. The van der Waals surface area contributed by atoms with Gasteiger partial charge in [-0.25, -0.2) is 4.39 Å². The van der Waals surface area contributed by atoms with Crippen molar-refractivity contribution in [3.63, 3.8) is 0 Å². The molecule has 1 aromatic heterocycles. The Balaban J connectivity index is 2.04. The van der Waals surface area contributed by atoms with E-state index in [0.717, 1.165) is 9.35 Å². The van der Waals surface area contributed by atoms with E-state index in [-0.39, 0.29) is 11.6 Å². The number of thiophene rings is 1. The molecule has 1 heterocycles. The van der Waals surface area contributed by atoms with Gasteiger partial charge in [0.2, 0.25) is 0 Å². The monoisotopic (exact) mass is 328 g/mol. The fourth-order valence-corrected chi connectivity index (χ4v) is 2.83. The third kappa shape index (κ3) is 2.88. The van der Waals surface area contributed by atoms with Gasteiger partial charge in [-0.3, -0.25) is 4.79 Å². The van der Waals surface area contributed by atoms with E-state index in [0.29, 0.717) is 12.1 Å². The quantitative estimate of drug-likeness (QED) is 0.850. The zero-order valence-electron chi connectivity index (χ0n) is 9.24. The number of hydrogen-bond acceptors (Lipinski definition) is 3. The first-order valence-electron chi connectivity index (χ1n) is 5.13. The van der Waals surface area contributed by atoms with Crippen LogP contribution in [0.1, 0.15) is 15.2 Å². The van der Waals surface area contributed by atoms with Gasteiger partial charge in [-0.15, -0.1) is 11.3 Å². The molecule has 0 atom stereocenters. The Bertz CT molecular complexity index is 585. The first-order chi connectivity index (χ1) is 8.58.